The number of halogens is 1. The van der Waals surface area contributed by atoms with Gasteiger partial charge in [-0.25, -0.2) is 4.39 Å². The average Bonchev–Trinajstić information content (AvgIpc) is 2.61. The molecule has 142 valence electrons. The molecule has 0 aliphatic carbocycles. The molecule has 0 aromatic heterocycles. The van der Waals surface area contributed by atoms with Crippen molar-refractivity contribution in [3.05, 3.63) is 59.9 Å². The molecule has 2 rings (SSSR count). The fourth-order valence-electron chi connectivity index (χ4n) is 2.53. The van der Waals surface area contributed by atoms with Crippen molar-refractivity contribution in [2.45, 2.75) is 26.8 Å². The number of hydrogen-bond acceptors (Lipinski definition) is 3. The van der Waals surface area contributed by atoms with Gasteiger partial charge in [-0.05, 0) is 35.9 Å². The lowest BCUT2D eigenvalue weighted by Gasteiger charge is -2.21. The molecule has 2 aromatic rings. The molecule has 0 saturated carbocycles. The molecule has 0 aliphatic heterocycles. The first-order valence-electron chi connectivity index (χ1n) is 8.52. The summed E-state index contributed by atoms with van der Waals surface area (Å²) in [4.78, 5) is 36.7. The molecular formula is C20H22FN3O3. The third-order valence-electron chi connectivity index (χ3n) is 3.82. The van der Waals surface area contributed by atoms with Gasteiger partial charge in [0.05, 0.1) is 0 Å². The summed E-state index contributed by atoms with van der Waals surface area (Å²) in [5.74, 6) is -0.963. The van der Waals surface area contributed by atoms with Crippen molar-refractivity contribution in [3.8, 4) is 0 Å². The van der Waals surface area contributed by atoms with Crippen molar-refractivity contribution in [1.82, 2.24) is 5.32 Å². The number of benzene rings is 2. The summed E-state index contributed by atoms with van der Waals surface area (Å²) in [6, 6.07) is 12.7. The molecule has 3 amide bonds. The molecule has 2 aromatic carbocycles. The Morgan fingerprint density at radius 2 is 1.74 bits per heavy atom. The molecule has 0 fully saturated rings. The number of hydrogen-bond donors (Lipinski definition) is 2. The molecule has 27 heavy (non-hydrogen) atoms. The zero-order chi connectivity index (χ0) is 19.8. The van der Waals surface area contributed by atoms with Crippen LogP contribution in [0.25, 0.3) is 0 Å². The van der Waals surface area contributed by atoms with Crippen molar-refractivity contribution in [2.24, 2.45) is 0 Å². The number of rotatable bonds is 7. The van der Waals surface area contributed by atoms with E-state index < -0.39 is 0 Å². The van der Waals surface area contributed by atoms with Gasteiger partial charge in [0.2, 0.25) is 17.7 Å². The van der Waals surface area contributed by atoms with E-state index in [-0.39, 0.29) is 43.0 Å². The predicted molar refractivity (Wildman–Crippen MR) is 102 cm³/mol. The Hall–Kier alpha value is -3.22. The summed E-state index contributed by atoms with van der Waals surface area (Å²) >= 11 is 0. The fourth-order valence-corrected chi connectivity index (χ4v) is 2.53. The zero-order valence-electron chi connectivity index (χ0n) is 15.3. The lowest BCUT2D eigenvalue weighted by Crippen LogP contribution is -2.33. The molecule has 0 bridgehead atoms. The maximum absolute atomic E-state index is 12.9. The van der Waals surface area contributed by atoms with Gasteiger partial charge < -0.3 is 15.5 Å². The van der Waals surface area contributed by atoms with Crippen LogP contribution < -0.4 is 15.5 Å². The van der Waals surface area contributed by atoms with Crippen LogP contribution in [0.5, 0.6) is 0 Å². The topological polar surface area (TPSA) is 78.5 Å². The van der Waals surface area contributed by atoms with Crippen molar-refractivity contribution in [3.63, 3.8) is 0 Å². The van der Waals surface area contributed by atoms with Crippen LogP contribution in [-0.4, -0.2) is 24.3 Å². The van der Waals surface area contributed by atoms with Crippen molar-refractivity contribution >= 4 is 29.1 Å². The highest BCUT2D eigenvalue weighted by Gasteiger charge is 2.14. The number of anilines is 2. The molecule has 0 spiro atoms. The van der Waals surface area contributed by atoms with E-state index in [0.717, 1.165) is 5.56 Å². The molecule has 0 radical (unpaired) electrons. The first kappa shape index (κ1) is 20.1. The highest BCUT2D eigenvalue weighted by Crippen LogP contribution is 2.20. The van der Waals surface area contributed by atoms with Gasteiger partial charge in [0.1, 0.15) is 5.82 Å². The molecule has 6 nitrogen and oxygen atoms in total. The van der Waals surface area contributed by atoms with Gasteiger partial charge in [0.25, 0.3) is 0 Å². The standard InChI is InChI=1S/C20H22FN3O3/c1-14(25)23-18-4-3-5-19(12-18)24(15(2)26)11-10-20(27)22-13-16-6-8-17(21)9-7-16/h3-9,12H,10-11,13H2,1-2H3,(H,22,27)(H,23,25). The molecule has 7 heteroatoms. The Kier molecular flexibility index (Phi) is 7.05. The summed E-state index contributed by atoms with van der Waals surface area (Å²) in [6.07, 6.45) is 0.116. The van der Waals surface area contributed by atoms with Crippen molar-refractivity contribution in [1.29, 1.82) is 0 Å². The molecule has 0 heterocycles. The maximum atomic E-state index is 12.9. The van der Waals surface area contributed by atoms with E-state index in [4.69, 9.17) is 0 Å². The van der Waals surface area contributed by atoms with Gasteiger partial charge in [-0.15, -0.1) is 0 Å². The monoisotopic (exact) mass is 371 g/mol. The molecule has 0 unspecified atom stereocenters. The number of carbonyl (C=O) groups excluding carboxylic acids is 3. The van der Waals surface area contributed by atoms with Crippen LogP contribution in [0, 0.1) is 5.82 Å². The van der Waals surface area contributed by atoms with Gasteiger partial charge in [0.15, 0.2) is 0 Å². The average molecular weight is 371 g/mol. The zero-order valence-corrected chi connectivity index (χ0v) is 15.3. The number of nitrogens with one attached hydrogen (secondary N) is 2. The molecule has 0 aliphatic rings. The van der Waals surface area contributed by atoms with Crippen LogP contribution in [0.1, 0.15) is 25.8 Å². The van der Waals surface area contributed by atoms with E-state index in [1.54, 1.807) is 36.4 Å². The smallest absolute Gasteiger partial charge is 0.223 e. The van der Waals surface area contributed by atoms with Gasteiger partial charge in [-0.1, -0.05) is 18.2 Å². The molecular weight excluding hydrogens is 349 g/mol. The summed E-state index contributed by atoms with van der Waals surface area (Å²) in [7, 11) is 0. The van der Waals surface area contributed by atoms with Gasteiger partial charge >= 0.3 is 0 Å². The van der Waals surface area contributed by atoms with E-state index in [0.29, 0.717) is 11.4 Å². The summed E-state index contributed by atoms with van der Waals surface area (Å²) in [5, 5.41) is 5.41. The van der Waals surface area contributed by atoms with E-state index in [2.05, 4.69) is 10.6 Å². The second-order valence-corrected chi connectivity index (χ2v) is 6.06. The Morgan fingerprint density at radius 1 is 1.04 bits per heavy atom. The minimum atomic E-state index is -0.330. The van der Waals surface area contributed by atoms with Crippen LogP contribution in [0.4, 0.5) is 15.8 Å². The largest absolute Gasteiger partial charge is 0.352 e. The van der Waals surface area contributed by atoms with E-state index in [1.807, 2.05) is 0 Å². The first-order chi connectivity index (χ1) is 12.8. The van der Waals surface area contributed by atoms with E-state index in [1.165, 1.54) is 30.9 Å². The number of amides is 3. The van der Waals surface area contributed by atoms with Crippen molar-refractivity contribution in [2.75, 3.05) is 16.8 Å². The van der Waals surface area contributed by atoms with Gasteiger partial charge in [-0.3, -0.25) is 14.4 Å². The minimum absolute atomic E-state index is 0.116. The third kappa shape index (κ3) is 6.54. The molecule has 0 atom stereocenters. The lowest BCUT2D eigenvalue weighted by molar-refractivity contribution is -0.121. The maximum Gasteiger partial charge on any atom is 0.223 e. The summed E-state index contributed by atoms with van der Waals surface area (Å²) < 4.78 is 12.9. The normalized spacial score (nSPS) is 10.2. The van der Waals surface area contributed by atoms with Crippen LogP contribution in [0.3, 0.4) is 0 Å². The van der Waals surface area contributed by atoms with E-state index >= 15 is 0 Å². The third-order valence-corrected chi connectivity index (χ3v) is 3.82. The second kappa shape index (κ2) is 9.47. The van der Waals surface area contributed by atoms with Crippen LogP contribution in [0.15, 0.2) is 48.5 Å². The Bertz CT molecular complexity index is 821. The minimum Gasteiger partial charge on any atom is -0.352 e. The van der Waals surface area contributed by atoms with Gasteiger partial charge in [0, 0.05) is 44.7 Å². The van der Waals surface area contributed by atoms with Crippen LogP contribution >= 0.6 is 0 Å². The predicted octanol–water partition coefficient (Wildman–Crippen LogP) is 2.84. The highest BCUT2D eigenvalue weighted by molar-refractivity contribution is 5.94. The Labute approximate surface area is 157 Å². The summed E-state index contributed by atoms with van der Waals surface area (Å²) in [6.45, 7) is 3.31. The SMILES string of the molecule is CC(=O)Nc1cccc(N(CCC(=O)NCc2ccc(F)cc2)C(C)=O)c1. The van der Waals surface area contributed by atoms with Crippen molar-refractivity contribution < 1.29 is 18.8 Å². The second-order valence-electron chi connectivity index (χ2n) is 6.06. The Morgan fingerprint density at radius 3 is 2.37 bits per heavy atom. The lowest BCUT2D eigenvalue weighted by atomic mass is 10.2. The van der Waals surface area contributed by atoms with Crippen LogP contribution in [-0.2, 0) is 20.9 Å². The Balaban J connectivity index is 1.94. The summed E-state index contributed by atoms with van der Waals surface area (Å²) in [5.41, 5.74) is 1.96. The van der Waals surface area contributed by atoms with E-state index in [9.17, 15) is 18.8 Å². The quantitative estimate of drug-likeness (QED) is 0.786. The van der Waals surface area contributed by atoms with Gasteiger partial charge in [-0.2, -0.15) is 0 Å². The molecule has 2 N–H and O–H groups in total. The highest BCUT2D eigenvalue weighted by atomic mass is 19.1. The first-order valence-corrected chi connectivity index (χ1v) is 8.52. The van der Waals surface area contributed by atoms with Crippen LogP contribution in [0.2, 0.25) is 0 Å². The number of nitrogens with zero attached hydrogens (tertiary/aromatic N) is 1. The molecule has 0 saturated heterocycles. The number of carbonyl (C=O) groups is 3. The fraction of sp³-hybridized carbons (Fsp3) is 0.250.